The third-order valence-electron chi connectivity index (χ3n) is 4.45. The fourth-order valence-electron chi connectivity index (χ4n) is 3.04. The molecule has 8 nitrogen and oxygen atoms in total. The van der Waals surface area contributed by atoms with E-state index in [2.05, 4.69) is 9.97 Å². The molecule has 1 aliphatic heterocycles. The number of aromatic nitrogens is 3. The standard InChI is InChI=1S/C19H17ClN4O4/c1-27-12-4-2-3-11(9-12)15-17-16(13(20)10-14(21-17)18(25)26)23-19(22-15)24-5-7-28-8-6-24/h2-4,9-10H,5-8H2,1H3,(H,25,26). The van der Waals surface area contributed by atoms with Crippen LogP contribution in [0.3, 0.4) is 0 Å². The fraction of sp³-hybridized carbons (Fsp3) is 0.263. The molecule has 0 unspecified atom stereocenters. The third kappa shape index (κ3) is 3.44. The minimum atomic E-state index is -1.17. The van der Waals surface area contributed by atoms with E-state index >= 15 is 0 Å². The average molecular weight is 401 g/mol. The summed E-state index contributed by atoms with van der Waals surface area (Å²) in [6, 6.07) is 8.63. The van der Waals surface area contributed by atoms with E-state index in [0.717, 1.165) is 5.56 Å². The Morgan fingerprint density at radius 3 is 2.68 bits per heavy atom. The van der Waals surface area contributed by atoms with Crippen molar-refractivity contribution in [3.8, 4) is 17.0 Å². The summed E-state index contributed by atoms with van der Waals surface area (Å²) < 4.78 is 10.7. The Morgan fingerprint density at radius 2 is 1.96 bits per heavy atom. The number of hydrogen-bond acceptors (Lipinski definition) is 7. The summed E-state index contributed by atoms with van der Waals surface area (Å²) in [5, 5.41) is 9.58. The Balaban J connectivity index is 1.98. The highest BCUT2D eigenvalue weighted by molar-refractivity contribution is 6.35. The summed E-state index contributed by atoms with van der Waals surface area (Å²) in [5.41, 5.74) is 1.79. The van der Waals surface area contributed by atoms with Gasteiger partial charge in [-0.05, 0) is 18.2 Å². The predicted molar refractivity (Wildman–Crippen MR) is 104 cm³/mol. The number of halogens is 1. The molecule has 0 atom stereocenters. The van der Waals surface area contributed by atoms with E-state index in [0.29, 0.717) is 54.7 Å². The van der Waals surface area contributed by atoms with Crippen LogP contribution in [0.15, 0.2) is 30.3 Å². The zero-order valence-corrected chi connectivity index (χ0v) is 15.8. The maximum Gasteiger partial charge on any atom is 0.354 e. The number of ether oxygens (including phenoxy) is 2. The second kappa shape index (κ2) is 7.57. The van der Waals surface area contributed by atoms with E-state index in [1.54, 1.807) is 7.11 Å². The molecule has 4 rings (SSSR count). The largest absolute Gasteiger partial charge is 0.497 e. The lowest BCUT2D eigenvalue weighted by Gasteiger charge is -2.27. The van der Waals surface area contributed by atoms with E-state index in [1.165, 1.54) is 6.07 Å². The number of carboxylic acid groups (broad SMARTS) is 1. The number of fused-ring (bicyclic) bond motifs is 1. The highest BCUT2D eigenvalue weighted by atomic mass is 35.5. The lowest BCUT2D eigenvalue weighted by Crippen LogP contribution is -2.37. The molecule has 0 spiro atoms. The number of hydrogen-bond donors (Lipinski definition) is 1. The molecule has 2 aromatic heterocycles. The van der Waals surface area contributed by atoms with Crippen molar-refractivity contribution in [2.24, 2.45) is 0 Å². The van der Waals surface area contributed by atoms with Crippen LogP contribution in [0.4, 0.5) is 5.95 Å². The van der Waals surface area contributed by atoms with Gasteiger partial charge in [-0.3, -0.25) is 0 Å². The highest BCUT2D eigenvalue weighted by Crippen LogP contribution is 2.32. The molecular formula is C19H17ClN4O4. The summed E-state index contributed by atoms with van der Waals surface area (Å²) in [4.78, 5) is 27.0. The Kier molecular flexibility index (Phi) is 4.97. The minimum Gasteiger partial charge on any atom is -0.497 e. The number of aromatic carboxylic acids is 1. The number of methoxy groups -OCH3 is 1. The monoisotopic (exact) mass is 400 g/mol. The maximum atomic E-state index is 11.5. The topological polar surface area (TPSA) is 97.7 Å². The molecule has 0 amide bonds. The Bertz CT molecular complexity index is 1050. The van der Waals surface area contributed by atoms with Crippen molar-refractivity contribution in [1.29, 1.82) is 0 Å². The maximum absolute atomic E-state index is 11.5. The Hall–Kier alpha value is -2.97. The molecule has 1 aliphatic rings. The van der Waals surface area contributed by atoms with Crippen molar-refractivity contribution in [3.05, 3.63) is 41.0 Å². The summed E-state index contributed by atoms with van der Waals surface area (Å²) in [6.45, 7) is 2.47. The summed E-state index contributed by atoms with van der Waals surface area (Å²) in [5.74, 6) is -0.0179. The number of nitrogens with zero attached hydrogens (tertiary/aromatic N) is 4. The first kappa shape index (κ1) is 18.4. The van der Waals surface area contributed by atoms with Crippen LogP contribution >= 0.6 is 11.6 Å². The van der Waals surface area contributed by atoms with E-state index in [9.17, 15) is 9.90 Å². The molecule has 0 bridgehead atoms. The molecule has 1 aromatic carbocycles. The van der Waals surface area contributed by atoms with Crippen molar-refractivity contribution in [1.82, 2.24) is 15.0 Å². The van der Waals surface area contributed by atoms with Crippen LogP contribution in [-0.4, -0.2) is 59.4 Å². The van der Waals surface area contributed by atoms with Gasteiger partial charge in [0.25, 0.3) is 0 Å². The van der Waals surface area contributed by atoms with E-state index in [-0.39, 0.29) is 10.7 Å². The van der Waals surface area contributed by atoms with E-state index < -0.39 is 5.97 Å². The van der Waals surface area contributed by atoms with Crippen LogP contribution in [0, 0.1) is 0 Å². The second-order valence-electron chi connectivity index (χ2n) is 6.20. The molecule has 3 aromatic rings. The number of benzene rings is 1. The first-order valence-electron chi connectivity index (χ1n) is 8.65. The predicted octanol–water partition coefficient (Wildman–Crippen LogP) is 2.89. The molecular weight excluding hydrogens is 384 g/mol. The molecule has 0 saturated carbocycles. The lowest BCUT2D eigenvalue weighted by molar-refractivity contribution is 0.0691. The molecule has 1 N–H and O–H groups in total. The molecule has 0 aliphatic carbocycles. The van der Waals surface area contributed by atoms with Gasteiger partial charge >= 0.3 is 5.97 Å². The van der Waals surface area contributed by atoms with Gasteiger partial charge in [0.1, 0.15) is 22.5 Å². The number of morpholine rings is 1. The molecule has 144 valence electrons. The Labute approximate surface area is 165 Å². The van der Waals surface area contributed by atoms with Crippen LogP contribution in [0.25, 0.3) is 22.3 Å². The van der Waals surface area contributed by atoms with Gasteiger partial charge in [-0.25, -0.2) is 19.7 Å². The molecule has 3 heterocycles. The SMILES string of the molecule is COc1cccc(-c2nc(N3CCOCC3)nc3c(Cl)cc(C(=O)O)nc23)c1. The van der Waals surface area contributed by atoms with Crippen LogP contribution in [0.2, 0.25) is 5.02 Å². The smallest absolute Gasteiger partial charge is 0.354 e. The quantitative estimate of drug-likeness (QED) is 0.713. The normalized spacial score (nSPS) is 14.3. The van der Waals surface area contributed by atoms with Crippen LogP contribution in [0.5, 0.6) is 5.75 Å². The van der Waals surface area contributed by atoms with Gasteiger partial charge in [0.05, 0.1) is 25.3 Å². The number of rotatable bonds is 4. The zero-order chi connectivity index (χ0) is 19.7. The van der Waals surface area contributed by atoms with Gasteiger partial charge in [0.15, 0.2) is 5.69 Å². The van der Waals surface area contributed by atoms with Crippen LogP contribution in [-0.2, 0) is 4.74 Å². The van der Waals surface area contributed by atoms with Gasteiger partial charge < -0.3 is 19.5 Å². The van der Waals surface area contributed by atoms with Gasteiger partial charge in [-0.2, -0.15) is 0 Å². The summed E-state index contributed by atoms with van der Waals surface area (Å²) in [6.07, 6.45) is 0. The van der Waals surface area contributed by atoms with Gasteiger partial charge in [0, 0.05) is 18.7 Å². The minimum absolute atomic E-state index is 0.163. The molecule has 28 heavy (non-hydrogen) atoms. The van der Waals surface area contributed by atoms with Gasteiger partial charge in [-0.1, -0.05) is 23.7 Å². The van der Waals surface area contributed by atoms with Crippen molar-refractivity contribution in [2.75, 3.05) is 38.3 Å². The van der Waals surface area contributed by atoms with Gasteiger partial charge in [-0.15, -0.1) is 0 Å². The highest BCUT2D eigenvalue weighted by Gasteiger charge is 2.21. The molecule has 0 radical (unpaired) electrons. The van der Waals surface area contributed by atoms with Crippen molar-refractivity contribution in [2.45, 2.75) is 0 Å². The second-order valence-corrected chi connectivity index (χ2v) is 6.60. The van der Waals surface area contributed by atoms with E-state index in [4.69, 9.17) is 26.1 Å². The van der Waals surface area contributed by atoms with Crippen molar-refractivity contribution in [3.63, 3.8) is 0 Å². The van der Waals surface area contributed by atoms with E-state index in [1.807, 2.05) is 29.2 Å². The number of carbonyl (C=O) groups is 1. The lowest BCUT2D eigenvalue weighted by atomic mass is 10.1. The third-order valence-corrected chi connectivity index (χ3v) is 4.74. The number of anilines is 1. The summed E-state index contributed by atoms with van der Waals surface area (Å²) >= 11 is 6.37. The molecule has 1 saturated heterocycles. The summed E-state index contributed by atoms with van der Waals surface area (Å²) in [7, 11) is 1.58. The van der Waals surface area contributed by atoms with Crippen LogP contribution < -0.4 is 9.64 Å². The molecule has 1 fully saturated rings. The fourth-order valence-corrected chi connectivity index (χ4v) is 3.28. The van der Waals surface area contributed by atoms with Crippen LogP contribution in [0.1, 0.15) is 10.5 Å². The zero-order valence-electron chi connectivity index (χ0n) is 15.1. The molecule has 9 heteroatoms. The Morgan fingerprint density at radius 1 is 1.18 bits per heavy atom. The van der Waals surface area contributed by atoms with Gasteiger partial charge in [0.2, 0.25) is 5.95 Å². The first-order chi connectivity index (χ1) is 13.6. The average Bonchev–Trinajstić information content (AvgIpc) is 2.73. The van der Waals surface area contributed by atoms with Crippen molar-refractivity contribution < 1.29 is 19.4 Å². The first-order valence-corrected chi connectivity index (χ1v) is 9.03. The van der Waals surface area contributed by atoms with Crippen molar-refractivity contribution >= 4 is 34.6 Å². The number of carboxylic acids is 1. The number of pyridine rings is 1.